The van der Waals surface area contributed by atoms with Gasteiger partial charge in [0.25, 0.3) is 0 Å². The molecular formula is C13H15ClN4O2S. The molecule has 2 aromatic rings. The quantitative estimate of drug-likeness (QED) is 0.868. The molecule has 0 spiro atoms. The molecule has 2 heterocycles. The van der Waals surface area contributed by atoms with E-state index in [0.717, 1.165) is 11.3 Å². The number of rotatable bonds is 5. The topological polar surface area (TPSA) is 98.0 Å². The molecule has 0 aliphatic carbocycles. The molecule has 21 heavy (non-hydrogen) atoms. The fraction of sp³-hybridized carbons (Fsp3) is 0.231. The van der Waals surface area contributed by atoms with Crippen molar-refractivity contribution in [2.24, 2.45) is 0 Å². The molecule has 2 rings (SSSR count). The molecule has 0 aliphatic heterocycles. The summed E-state index contributed by atoms with van der Waals surface area (Å²) < 4.78 is 26.8. The van der Waals surface area contributed by atoms with E-state index in [1.54, 1.807) is 6.20 Å². The highest BCUT2D eigenvalue weighted by molar-refractivity contribution is 7.89. The van der Waals surface area contributed by atoms with E-state index in [-0.39, 0.29) is 22.3 Å². The van der Waals surface area contributed by atoms with E-state index in [4.69, 9.17) is 17.3 Å². The van der Waals surface area contributed by atoms with Crippen LogP contribution in [0, 0.1) is 6.92 Å². The van der Waals surface area contributed by atoms with E-state index < -0.39 is 10.0 Å². The van der Waals surface area contributed by atoms with Crippen LogP contribution in [0.4, 0.5) is 5.82 Å². The lowest BCUT2D eigenvalue weighted by Crippen LogP contribution is -2.27. The molecule has 0 bridgehead atoms. The first-order valence-electron chi connectivity index (χ1n) is 6.21. The molecule has 0 radical (unpaired) electrons. The molecule has 0 unspecified atom stereocenters. The minimum absolute atomic E-state index is 0.0797. The second-order valence-electron chi connectivity index (χ2n) is 4.49. The number of pyridine rings is 2. The van der Waals surface area contributed by atoms with Crippen molar-refractivity contribution < 1.29 is 8.42 Å². The van der Waals surface area contributed by atoms with Crippen LogP contribution in [-0.2, 0) is 16.4 Å². The van der Waals surface area contributed by atoms with E-state index in [9.17, 15) is 8.42 Å². The van der Waals surface area contributed by atoms with Crippen molar-refractivity contribution in [2.45, 2.75) is 18.2 Å². The van der Waals surface area contributed by atoms with Crippen LogP contribution in [0.15, 0.2) is 35.5 Å². The van der Waals surface area contributed by atoms with E-state index in [0.29, 0.717) is 6.42 Å². The molecule has 8 heteroatoms. The highest BCUT2D eigenvalue weighted by Crippen LogP contribution is 2.19. The minimum atomic E-state index is -3.73. The molecule has 0 atom stereocenters. The number of nitrogens with one attached hydrogen (secondary N) is 1. The molecule has 112 valence electrons. The van der Waals surface area contributed by atoms with Gasteiger partial charge in [0.15, 0.2) is 0 Å². The molecule has 6 nitrogen and oxygen atoms in total. The monoisotopic (exact) mass is 326 g/mol. The molecule has 0 amide bonds. The summed E-state index contributed by atoms with van der Waals surface area (Å²) in [7, 11) is -3.73. The van der Waals surface area contributed by atoms with Gasteiger partial charge in [-0.15, -0.1) is 0 Å². The van der Waals surface area contributed by atoms with Crippen LogP contribution < -0.4 is 10.5 Å². The Bertz CT molecular complexity index is 732. The van der Waals surface area contributed by atoms with E-state index >= 15 is 0 Å². The van der Waals surface area contributed by atoms with Crippen LogP contribution in [0.5, 0.6) is 0 Å². The fourth-order valence-corrected chi connectivity index (χ4v) is 3.06. The van der Waals surface area contributed by atoms with Gasteiger partial charge in [0.2, 0.25) is 10.0 Å². The Hall–Kier alpha value is -1.70. The summed E-state index contributed by atoms with van der Waals surface area (Å²) in [5.74, 6) is -0.0797. The summed E-state index contributed by atoms with van der Waals surface area (Å²) in [6.07, 6.45) is 3.55. The van der Waals surface area contributed by atoms with Crippen molar-refractivity contribution in [2.75, 3.05) is 12.3 Å². The predicted octanol–water partition coefficient (Wildman–Crippen LogP) is 1.54. The minimum Gasteiger partial charge on any atom is -0.383 e. The molecule has 3 N–H and O–H groups in total. The number of hydrogen-bond acceptors (Lipinski definition) is 5. The smallest absolute Gasteiger partial charge is 0.244 e. The molecule has 0 saturated heterocycles. The van der Waals surface area contributed by atoms with Gasteiger partial charge in [-0.1, -0.05) is 17.7 Å². The summed E-state index contributed by atoms with van der Waals surface area (Å²) >= 11 is 5.75. The van der Waals surface area contributed by atoms with Gasteiger partial charge in [-0.05, 0) is 31.0 Å². The van der Waals surface area contributed by atoms with Crippen LogP contribution in [-0.4, -0.2) is 24.9 Å². The molecule has 0 aliphatic rings. The van der Waals surface area contributed by atoms with Crippen LogP contribution >= 0.6 is 11.6 Å². The summed E-state index contributed by atoms with van der Waals surface area (Å²) in [5.41, 5.74) is 7.44. The number of nitrogens with zero attached hydrogens (tertiary/aromatic N) is 2. The van der Waals surface area contributed by atoms with E-state index in [1.165, 1.54) is 12.3 Å². The van der Waals surface area contributed by atoms with E-state index in [2.05, 4.69) is 14.7 Å². The van der Waals surface area contributed by atoms with Crippen LogP contribution in [0.2, 0.25) is 5.02 Å². The maximum atomic E-state index is 12.1. The second-order valence-corrected chi connectivity index (χ2v) is 6.66. The third kappa shape index (κ3) is 4.13. The number of aromatic nitrogens is 2. The average molecular weight is 327 g/mol. The van der Waals surface area contributed by atoms with Gasteiger partial charge in [-0.3, -0.25) is 4.98 Å². The first-order chi connectivity index (χ1) is 9.88. The van der Waals surface area contributed by atoms with Gasteiger partial charge >= 0.3 is 0 Å². The van der Waals surface area contributed by atoms with Crippen LogP contribution in [0.25, 0.3) is 0 Å². The zero-order valence-corrected chi connectivity index (χ0v) is 12.9. The molecule has 2 aromatic heterocycles. The standard InChI is InChI=1S/C13H15ClN4O2S/c1-9-2-3-10(7-16-9)4-5-18-21(19,20)12-6-11(14)8-17-13(12)15/h2-3,6-8,18H,4-5H2,1H3,(H2,15,17). The number of sulfonamides is 1. The number of hydrogen-bond donors (Lipinski definition) is 2. The number of nitrogens with two attached hydrogens (primary N) is 1. The molecule has 0 fully saturated rings. The van der Waals surface area contributed by atoms with Gasteiger partial charge in [-0.2, -0.15) is 0 Å². The van der Waals surface area contributed by atoms with Crippen molar-refractivity contribution >= 4 is 27.4 Å². The highest BCUT2D eigenvalue weighted by atomic mass is 35.5. The largest absolute Gasteiger partial charge is 0.383 e. The van der Waals surface area contributed by atoms with Crippen molar-refractivity contribution in [3.8, 4) is 0 Å². The van der Waals surface area contributed by atoms with Crippen molar-refractivity contribution in [3.05, 3.63) is 46.9 Å². The molecule has 0 saturated carbocycles. The van der Waals surface area contributed by atoms with Gasteiger partial charge in [0.1, 0.15) is 10.7 Å². The first kappa shape index (κ1) is 15.7. The van der Waals surface area contributed by atoms with Crippen molar-refractivity contribution in [1.82, 2.24) is 14.7 Å². The molecule has 0 aromatic carbocycles. The van der Waals surface area contributed by atoms with Crippen molar-refractivity contribution in [1.29, 1.82) is 0 Å². The number of halogens is 1. The fourth-order valence-electron chi connectivity index (χ4n) is 1.70. The predicted molar refractivity (Wildman–Crippen MR) is 81.5 cm³/mol. The second kappa shape index (κ2) is 6.38. The normalized spacial score (nSPS) is 11.5. The Kier molecular flexibility index (Phi) is 4.76. The third-order valence-corrected chi connectivity index (χ3v) is 4.51. The summed E-state index contributed by atoms with van der Waals surface area (Å²) in [6, 6.07) is 5.06. The van der Waals surface area contributed by atoms with Gasteiger partial charge in [0.05, 0.1) is 5.02 Å². The molecular weight excluding hydrogens is 312 g/mol. The third-order valence-electron chi connectivity index (χ3n) is 2.82. The Morgan fingerprint density at radius 1 is 1.29 bits per heavy atom. The lowest BCUT2D eigenvalue weighted by atomic mass is 10.2. The van der Waals surface area contributed by atoms with Crippen LogP contribution in [0.1, 0.15) is 11.3 Å². The zero-order chi connectivity index (χ0) is 15.5. The Labute approximate surface area is 128 Å². The maximum Gasteiger partial charge on any atom is 0.244 e. The Morgan fingerprint density at radius 3 is 2.71 bits per heavy atom. The zero-order valence-electron chi connectivity index (χ0n) is 11.4. The Balaban J connectivity index is 2.04. The summed E-state index contributed by atoms with van der Waals surface area (Å²) in [5, 5.41) is 0.215. The summed E-state index contributed by atoms with van der Waals surface area (Å²) in [6.45, 7) is 2.13. The number of aryl methyl sites for hydroxylation is 1. The lowest BCUT2D eigenvalue weighted by Gasteiger charge is -2.09. The maximum absolute atomic E-state index is 12.1. The van der Waals surface area contributed by atoms with E-state index in [1.807, 2.05) is 19.1 Å². The Morgan fingerprint density at radius 2 is 2.05 bits per heavy atom. The SMILES string of the molecule is Cc1ccc(CCNS(=O)(=O)c2cc(Cl)cnc2N)cn1. The van der Waals surface area contributed by atoms with Gasteiger partial charge < -0.3 is 5.73 Å². The summed E-state index contributed by atoms with van der Waals surface area (Å²) in [4.78, 5) is 7.78. The average Bonchev–Trinajstić information content (AvgIpc) is 2.43. The first-order valence-corrected chi connectivity index (χ1v) is 8.07. The number of anilines is 1. The van der Waals surface area contributed by atoms with Gasteiger partial charge in [0, 0.05) is 24.6 Å². The van der Waals surface area contributed by atoms with Gasteiger partial charge in [-0.25, -0.2) is 18.1 Å². The highest BCUT2D eigenvalue weighted by Gasteiger charge is 2.18. The lowest BCUT2D eigenvalue weighted by molar-refractivity contribution is 0.581. The number of nitrogen functional groups attached to an aromatic ring is 1. The van der Waals surface area contributed by atoms with Crippen LogP contribution in [0.3, 0.4) is 0 Å². The van der Waals surface area contributed by atoms with Crippen molar-refractivity contribution in [3.63, 3.8) is 0 Å².